The number of thiazole rings is 1. The summed E-state index contributed by atoms with van der Waals surface area (Å²) in [5.74, 6) is 0.414. The van der Waals surface area contributed by atoms with Crippen molar-refractivity contribution < 1.29 is 9.21 Å². The zero-order valence-electron chi connectivity index (χ0n) is 10.8. The van der Waals surface area contributed by atoms with Crippen LogP contribution in [0.5, 0.6) is 0 Å². The van der Waals surface area contributed by atoms with Crippen molar-refractivity contribution in [2.24, 2.45) is 0 Å². The average Bonchev–Trinajstić information content (AvgIpc) is 3.04. The summed E-state index contributed by atoms with van der Waals surface area (Å²) in [7, 11) is 0. The van der Waals surface area contributed by atoms with Crippen molar-refractivity contribution in [3.63, 3.8) is 0 Å². The summed E-state index contributed by atoms with van der Waals surface area (Å²) in [5, 5.41) is 3.35. The first-order valence-electron chi connectivity index (χ1n) is 6.10. The molecule has 0 aliphatic carbocycles. The molecule has 0 saturated carbocycles. The van der Waals surface area contributed by atoms with Gasteiger partial charge in [-0.05, 0) is 42.8 Å². The Bertz CT molecular complexity index is 772. The fourth-order valence-corrected chi connectivity index (χ4v) is 2.74. The predicted octanol–water partition coefficient (Wildman–Crippen LogP) is 3.85. The second-order valence-electron chi connectivity index (χ2n) is 4.33. The quantitative estimate of drug-likeness (QED) is 0.743. The van der Waals surface area contributed by atoms with Crippen LogP contribution in [0.4, 0.5) is 5.13 Å². The third-order valence-corrected chi connectivity index (χ3v) is 3.65. The van der Waals surface area contributed by atoms with Gasteiger partial charge in [0.1, 0.15) is 5.76 Å². The number of nitrogens with one attached hydrogen (secondary N) is 1. The number of aromatic nitrogens is 1. The van der Waals surface area contributed by atoms with E-state index in [1.54, 1.807) is 24.5 Å². The molecule has 2 aromatic heterocycles. The highest BCUT2D eigenvalue weighted by Crippen LogP contribution is 2.26. The van der Waals surface area contributed by atoms with E-state index in [4.69, 9.17) is 4.42 Å². The fourth-order valence-electron chi connectivity index (χ4n) is 1.78. The molecule has 0 saturated heterocycles. The van der Waals surface area contributed by atoms with Gasteiger partial charge in [0.05, 0.1) is 16.5 Å². The number of amides is 1. The van der Waals surface area contributed by atoms with Crippen molar-refractivity contribution in [1.82, 2.24) is 4.98 Å². The van der Waals surface area contributed by atoms with Crippen LogP contribution >= 0.6 is 11.3 Å². The van der Waals surface area contributed by atoms with Crippen molar-refractivity contribution in [1.29, 1.82) is 0 Å². The molecule has 0 fully saturated rings. The van der Waals surface area contributed by atoms with Crippen molar-refractivity contribution in [2.45, 2.75) is 6.92 Å². The molecule has 1 N–H and O–H groups in total. The monoisotopic (exact) mass is 284 g/mol. The second kappa shape index (κ2) is 5.30. The molecule has 100 valence electrons. The molecule has 0 aliphatic heterocycles. The van der Waals surface area contributed by atoms with Crippen LogP contribution in [-0.4, -0.2) is 10.9 Å². The van der Waals surface area contributed by atoms with Crippen LogP contribution in [0.3, 0.4) is 0 Å². The van der Waals surface area contributed by atoms with E-state index in [-0.39, 0.29) is 5.91 Å². The van der Waals surface area contributed by atoms with Crippen molar-refractivity contribution >= 4 is 38.7 Å². The first kappa shape index (κ1) is 12.6. The Labute approximate surface area is 119 Å². The highest BCUT2D eigenvalue weighted by atomic mass is 32.1. The van der Waals surface area contributed by atoms with Gasteiger partial charge in [-0.1, -0.05) is 17.4 Å². The number of hydrogen-bond donors (Lipinski definition) is 1. The minimum absolute atomic E-state index is 0.225. The maximum Gasteiger partial charge on any atom is 0.250 e. The topological polar surface area (TPSA) is 55.1 Å². The van der Waals surface area contributed by atoms with E-state index >= 15 is 0 Å². The standard InChI is InChI=1S/C15H12N2O2S/c1-10-4-6-12-13(9-10)20-15(16-12)17-14(18)7-5-11-3-2-8-19-11/h2-9H,1H3,(H,16,17,18). The van der Waals surface area contributed by atoms with Crippen molar-refractivity contribution in [3.05, 3.63) is 54.0 Å². The Hall–Kier alpha value is -2.40. The molecule has 3 rings (SSSR count). The SMILES string of the molecule is Cc1ccc2nc(NC(=O)C=Cc3ccco3)sc2c1. The third kappa shape index (κ3) is 2.78. The van der Waals surface area contributed by atoms with E-state index < -0.39 is 0 Å². The van der Waals surface area contributed by atoms with Gasteiger partial charge in [-0.2, -0.15) is 0 Å². The first-order valence-corrected chi connectivity index (χ1v) is 6.92. The van der Waals surface area contributed by atoms with E-state index in [1.807, 2.05) is 19.1 Å². The molecule has 0 unspecified atom stereocenters. The second-order valence-corrected chi connectivity index (χ2v) is 5.36. The molecule has 3 aromatic rings. The zero-order valence-corrected chi connectivity index (χ0v) is 11.6. The Balaban J connectivity index is 1.74. The highest BCUT2D eigenvalue weighted by Gasteiger charge is 2.06. The van der Waals surface area contributed by atoms with Crippen LogP contribution in [0.1, 0.15) is 11.3 Å². The van der Waals surface area contributed by atoms with Crippen LogP contribution in [-0.2, 0) is 4.79 Å². The molecule has 0 atom stereocenters. The number of furan rings is 1. The lowest BCUT2D eigenvalue weighted by Gasteiger charge is -1.94. The summed E-state index contributed by atoms with van der Waals surface area (Å²) in [6.07, 6.45) is 4.61. The number of anilines is 1. The number of rotatable bonds is 3. The Morgan fingerprint density at radius 1 is 1.40 bits per heavy atom. The number of carbonyl (C=O) groups excluding carboxylic acids is 1. The van der Waals surface area contributed by atoms with Crippen molar-refractivity contribution in [3.8, 4) is 0 Å². The fraction of sp³-hybridized carbons (Fsp3) is 0.0667. The molecule has 0 bridgehead atoms. The van der Waals surface area contributed by atoms with Gasteiger partial charge in [0.15, 0.2) is 5.13 Å². The number of fused-ring (bicyclic) bond motifs is 1. The summed E-state index contributed by atoms with van der Waals surface area (Å²) < 4.78 is 6.18. The molecule has 0 radical (unpaired) electrons. The van der Waals surface area contributed by atoms with Gasteiger partial charge in [-0.15, -0.1) is 0 Å². The maximum atomic E-state index is 11.8. The molecule has 5 heteroatoms. The minimum Gasteiger partial charge on any atom is -0.465 e. The molecule has 0 spiro atoms. The van der Waals surface area contributed by atoms with Gasteiger partial charge in [-0.3, -0.25) is 10.1 Å². The molecular weight excluding hydrogens is 272 g/mol. The summed E-state index contributed by atoms with van der Waals surface area (Å²) in [5.41, 5.74) is 2.07. The molecule has 4 nitrogen and oxygen atoms in total. The number of hydrogen-bond acceptors (Lipinski definition) is 4. The van der Waals surface area contributed by atoms with E-state index in [0.29, 0.717) is 10.9 Å². The predicted molar refractivity (Wildman–Crippen MR) is 80.7 cm³/mol. The lowest BCUT2D eigenvalue weighted by molar-refractivity contribution is -0.111. The van der Waals surface area contributed by atoms with Crippen LogP contribution in [0, 0.1) is 6.92 Å². The number of nitrogens with zero attached hydrogens (tertiary/aromatic N) is 1. The average molecular weight is 284 g/mol. The molecule has 2 heterocycles. The van der Waals surface area contributed by atoms with E-state index in [2.05, 4.69) is 16.4 Å². The Kier molecular flexibility index (Phi) is 3.35. The van der Waals surface area contributed by atoms with Gasteiger partial charge in [0.25, 0.3) is 0 Å². The Morgan fingerprint density at radius 2 is 2.30 bits per heavy atom. The first-order chi connectivity index (χ1) is 9.70. The van der Waals surface area contributed by atoms with Gasteiger partial charge >= 0.3 is 0 Å². The highest BCUT2D eigenvalue weighted by molar-refractivity contribution is 7.22. The smallest absolute Gasteiger partial charge is 0.250 e. The zero-order chi connectivity index (χ0) is 13.9. The van der Waals surface area contributed by atoms with Gasteiger partial charge in [-0.25, -0.2) is 4.98 Å². The third-order valence-electron chi connectivity index (χ3n) is 2.72. The van der Waals surface area contributed by atoms with E-state index in [0.717, 1.165) is 10.2 Å². The molecule has 1 aromatic carbocycles. The number of carbonyl (C=O) groups is 1. The lowest BCUT2D eigenvalue weighted by atomic mass is 10.2. The summed E-state index contributed by atoms with van der Waals surface area (Å²) in [6, 6.07) is 9.57. The van der Waals surface area contributed by atoms with Gasteiger partial charge in [0, 0.05) is 6.08 Å². The van der Waals surface area contributed by atoms with Gasteiger partial charge < -0.3 is 4.42 Å². The van der Waals surface area contributed by atoms with Crippen LogP contribution in [0.2, 0.25) is 0 Å². The normalized spacial score (nSPS) is 11.2. The lowest BCUT2D eigenvalue weighted by Crippen LogP contribution is -2.07. The minimum atomic E-state index is -0.225. The number of benzene rings is 1. The van der Waals surface area contributed by atoms with Crippen LogP contribution in [0.25, 0.3) is 16.3 Å². The van der Waals surface area contributed by atoms with E-state index in [9.17, 15) is 4.79 Å². The molecule has 20 heavy (non-hydrogen) atoms. The summed E-state index contributed by atoms with van der Waals surface area (Å²) in [4.78, 5) is 16.1. The summed E-state index contributed by atoms with van der Waals surface area (Å²) in [6.45, 7) is 2.03. The summed E-state index contributed by atoms with van der Waals surface area (Å²) >= 11 is 1.46. The maximum absolute atomic E-state index is 11.8. The Morgan fingerprint density at radius 3 is 3.10 bits per heavy atom. The van der Waals surface area contributed by atoms with Crippen molar-refractivity contribution in [2.75, 3.05) is 5.32 Å². The molecule has 0 aliphatic rings. The largest absolute Gasteiger partial charge is 0.465 e. The number of aryl methyl sites for hydroxylation is 1. The van der Waals surface area contributed by atoms with E-state index in [1.165, 1.54) is 23.0 Å². The molecule has 1 amide bonds. The van der Waals surface area contributed by atoms with Gasteiger partial charge in [0.2, 0.25) is 5.91 Å². The van der Waals surface area contributed by atoms with Crippen LogP contribution < -0.4 is 5.32 Å². The van der Waals surface area contributed by atoms with Crippen LogP contribution in [0.15, 0.2) is 47.1 Å². The molecular formula is C15H12N2O2S.